The largest absolute Gasteiger partial charge is 0.360 e. The van der Waals surface area contributed by atoms with Gasteiger partial charge in [-0.25, -0.2) is 4.58 Å². The maximum Gasteiger partial charge on any atom is 0.234 e. The van der Waals surface area contributed by atoms with Gasteiger partial charge in [0, 0.05) is 11.0 Å². The maximum atomic E-state index is 9.67. The molecule has 0 aliphatic carbocycles. The molecule has 0 amide bonds. The molecule has 3 heteroatoms. The minimum atomic E-state index is -0.819. The minimum absolute atomic E-state index is 0.0133. The van der Waals surface area contributed by atoms with Crippen LogP contribution in [0.4, 0.5) is 0 Å². The Morgan fingerprint density at radius 2 is 2.11 bits per heavy atom. The summed E-state index contributed by atoms with van der Waals surface area (Å²) in [4.78, 5) is 0. The Bertz CT molecular complexity index is 465. The molecular weight excluding hydrogens is 238 g/mol. The molecule has 1 aliphatic heterocycles. The van der Waals surface area contributed by atoms with Crippen molar-refractivity contribution in [3.05, 3.63) is 48.6 Å². The van der Waals surface area contributed by atoms with E-state index in [2.05, 4.69) is 37.1 Å². The Labute approximate surface area is 114 Å². The van der Waals surface area contributed by atoms with Crippen LogP contribution in [0, 0.1) is 5.41 Å². The topological polar surface area (TPSA) is 32.5 Å². The maximum absolute atomic E-state index is 9.67. The fraction of sp³-hybridized carbons (Fsp3) is 0.438. The lowest BCUT2D eigenvalue weighted by Crippen LogP contribution is -2.39. The highest BCUT2D eigenvalue weighted by Gasteiger charge is 2.33. The van der Waals surface area contributed by atoms with Gasteiger partial charge >= 0.3 is 0 Å². The quantitative estimate of drug-likeness (QED) is 0.666. The average molecular weight is 260 g/mol. The summed E-state index contributed by atoms with van der Waals surface area (Å²) in [6.07, 6.45) is 2.89. The smallest absolute Gasteiger partial charge is 0.234 e. The van der Waals surface area contributed by atoms with E-state index in [1.54, 1.807) is 6.21 Å². The normalized spacial score (nSPS) is 23.8. The van der Waals surface area contributed by atoms with E-state index < -0.39 is 6.29 Å². The zero-order valence-electron chi connectivity index (χ0n) is 11.6. The molecular formula is C16H22NO2+. The van der Waals surface area contributed by atoms with Crippen LogP contribution in [-0.2, 0) is 4.74 Å². The monoisotopic (exact) mass is 260 g/mol. The van der Waals surface area contributed by atoms with Crippen molar-refractivity contribution in [3.63, 3.8) is 0 Å². The molecule has 2 atom stereocenters. The van der Waals surface area contributed by atoms with Gasteiger partial charge in [-0.1, -0.05) is 50.3 Å². The number of nitrogens with zero attached hydrogens (tertiary/aromatic N) is 1. The van der Waals surface area contributed by atoms with Gasteiger partial charge in [-0.3, -0.25) is 0 Å². The van der Waals surface area contributed by atoms with Crippen molar-refractivity contribution >= 4 is 6.21 Å². The Balaban J connectivity index is 2.27. The van der Waals surface area contributed by atoms with Gasteiger partial charge in [0.15, 0.2) is 12.8 Å². The van der Waals surface area contributed by atoms with Gasteiger partial charge in [-0.15, -0.1) is 6.58 Å². The zero-order valence-corrected chi connectivity index (χ0v) is 11.6. The van der Waals surface area contributed by atoms with Crippen molar-refractivity contribution in [2.45, 2.75) is 26.2 Å². The SMILES string of the molecule is C=CC(C)(C)C[N+]1=CC(O)OC[C@H]1c1ccccc1. The van der Waals surface area contributed by atoms with E-state index in [0.717, 1.165) is 6.54 Å². The molecule has 1 aromatic rings. The molecule has 1 heterocycles. The first-order valence-electron chi connectivity index (χ1n) is 6.61. The number of ether oxygens (including phenoxy) is 1. The van der Waals surface area contributed by atoms with E-state index >= 15 is 0 Å². The van der Waals surface area contributed by atoms with Crippen molar-refractivity contribution in [1.29, 1.82) is 0 Å². The van der Waals surface area contributed by atoms with Crippen LogP contribution in [0.5, 0.6) is 0 Å². The molecule has 0 aromatic heterocycles. The van der Waals surface area contributed by atoms with E-state index in [4.69, 9.17) is 4.74 Å². The molecule has 0 saturated carbocycles. The van der Waals surface area contributed by atoms with Crippen molar-refractivity contribution in [3.8, 4) is 0 Å². The first-order chi connectivity index (χ1) is 9.02. The van der Waals surface area contributed by atoms with Crippen LogP contribution in [-0.4, -0.2) is 35.3 Å². The summed E-state index contributed by atoms with van der Waals surface area (Å²) in [6, 6.07) is 10.4. The van der Waals surface area contributed by atoms with Gasteiger partial charge in [0.25, 0.3) is 0 Å². The van der Waals surface area contributed by atoms with Crippen LogP contribution in [0.2, 0.25) is 0 Å². The van der Waals surface area contributed by atoms with Crippen LogP contribution in [0.15, 0.2) is 43.0 Å². The number of aliphatic hydroxyl groups excluding tert-OH is 1. The van der Waals surface area contributed by atoms with E-state index in [9.17, 15) is 5.11 Å². The van der Waals surface area contributed by atoms with E-state index in [-0.39, 0.29) is 11.5 Å². The molecule has 102 valence electrons. The average Bonchev–Trinajstić information content (AvgIpc) is 2.39. The number of benzene rings is 1. The van der Waals surface area contributed by atoms with Crippen molar-refractivity contribution in [2.24, 2.45) is 5.41 Å². The van der Waals surface area contributed by atoms with Crippen LogP contribution in [0.3, 0.4) is 0 Å². The number of aliphatic hydroxyl groups is 1. The number of hydrogen-bond acceptors (Lipinski definition) is 2. The summed E-state index contributed by atoms with van der Waals surface area (Å²) in [5, 5.41) is 9.67. The fourth-order valence-corrected chi connectivity index (χ4v) is 2.26. The predicted molar refractivity (Wildman–Crippen MR) is 76.3 cm³/mol. The zero-order chi connectivity index (χ0) is 13.9. The third-order valence-corrected chi connectivity index (χ3v) is 3.47. The number of rotatable bonds is 4. The van der Waals surface area contributed by atoms with Crippen LogP contribution < -0.4 is 0 Å². The predicted octanol–water partition coefficient (Wildman–Crippen LogP) is 2.37. The second-order valence-corrected chi connectivity index (χ2v) is 5.66. The molecule has 1 aliphatic rings. The van der Waals surface area contributed by atoms with Crippen molar-refractivity contribution in [1.82, 2.24) is 0 Å². The molecule has 19 heavy (non-hydrogen) atoms. The van der Waals surface area contributed by atoms with Gasteiger partial charge in [-0.05, 0) is 0 Å². The molecule has 1 aromatic carbocycles. The first-order valence-corrected chi connectivity index (χ1v) is 6.61. The molecule has 2 rings (SSSR count). The summed E-state index contributed by atoms with van der Waals surface area (Å²) >= 11 is 0. The van der Waals surface area contributed by atoms with Crippen LogP contribution >= 0.6 is 0 Å². The van der Waals surface area contributed by atoms with E-state index in [1.165, 1.54) is 5.56 Å². The lowest BCUT2D eigenvalue weighted by Gasteiger charge is -2.27. The lowest BCUT2D eigenvalue weighted by molar-refractivity contribution is -0.594. The van der Waals surface area contributed by atoms with E-state index in [0.29, 0.717) is 6.61 Å². The third kappa shape index (κ3) is 3.52. The van der Waals surface area contributed by atoms with Crippen LogP contribution in [0.25, 0.3) is 0 Å². The summed E-state index contributed by atoms with van der Waals surface area (Å²) < 4.78 is 7.51. The fourth-order valence-electron chi connectivity index (χ4n) is 2.26. The second kappa shape index (κ2) is 5.68. The van der Waals surface area contributed by atoms with Gasteiger partial charge in [-0.2, -0.15) is 0 Å². The summed E-state index contributed by atoms with van der Waals surface area (Å²) in [6.45, 7) is 9.45. The van der Waals surface area contributed by atoms with Gasteiger partial charge in [0.05, 0.1) is 0 Å². The highest BCUT2D eigenvalue weighted by molar-refractivity contribution is 5.56. The molecule has 0 spiro atoms. The molecule has 0 fully saturated rings. The highest BCUT2D eigenvalue weighted by Crippen LogP contribution is 2.25. The summed E-state index contributed by atoms with van der Waals surface area (Å²) in [5.74, 6) is 0. The Morgan fingerprint density at radius 1 is 1.42 bits per heavy atom. The Morgan fingerprint density at radius 3 is 2.74 bits per heavy atom. The molecule has 0 saturated heterocycles. The number of hydrogen-bond donors (Lipinski definition) is 1. The van der Waals surface area contributed by atoms with Gasteiger partial charge in [0.1, 0.15) is 6.61 Å². The van der Waals surface area contributed by atoms with Gasteiger partial charge < -0.3 is 9.84 Å². The Kier molecular flexibility index (Phi) is 4.17. The molecule has 1 unspecified atom stereocenters. The minimum Gasteiger partial charge on any atom is -0.360 e. The third-order valence-electron chi connectivity index (χ3n) is 3.47. The second-order valence-electron chi connectivity index (χ2n) is 5.66. The van der Waals surface area contributed by atoms with Crippen LogP contribution in [0.1, 0.15) is 25.5 Å². The highest BCUT2D eigenvalue weighted by atomic mass is 16.6. The standard InChI is InChI=1S/C16H22NO2/c1-4-16(2,3)12-17-10-15(18)19-11-14(17)13-8-6-5-7-9-13/h4-10,14-15,18H,1,11-12H2,2-3H3/q+1/t14-,15?/m0/s1. The van der Waals surface area contributed by atoms with E-state index in [1.807, 2.05) is 24.3 Å². The summed E-state index contributed by atoms with van der Waals surface area (Å²) in [7, 11) is 0. The lowest BCUT2D eigenvalue weighted by atomic mass is 9.92. The summed E-state index contributed by atoms with van der Waals surface area (Å²) in [5.41, 5.74) is 1.19. The van der Waals surface area contributed by atoms with Crippen molar-refractivity contribution < 1.29 is 14.4 Å². The molecule has 1 N–H and O–H groups in total. The van der Waals surface area contributed by atoms with Gasteiger partial charge in [0.2, 0.25) is 12.3 Å². The molecule has 0 bridgehead atoms. The first kappa shape index (κ1) is 14.0. The molecule has 3 nitrogen and oxygen atoms in total. The molecule has 0 radical (unpaired) electrons. The Hall–Kier alpha value is -1.45. The van der Waals surface area contributed by atoms with Crippen molar-refractivity contribution in [2.75, 3.05) is 13.2 Å².